The Bertz CT molecular complexity index is 147. The Labute approximate surface area is 47.9 Å². The molecule has 0 spiro atoms. The minimum atomic E-state index is -4.17. The highest BCUT2D eigenvalue weighted by atomic mass is 32.2. The molecule has 4 nitrogen and oxygen atoms in total. The van der Waals surface area contributed by atoms with Gasteiger partial charge in [0.15, 0.2) is 0 Å². The van der Waals surface area contributed by atoms with Gasteiger partial charge < -0.3 is 5.11 Å². The molecule has 2 N–H and O–H groups in total. The molecule has 0 saturated carbocycles. The van der Waals surface area contributed by atoms with Gasteiger partial charge in [-0.05, 0) is 6.92 Å². The van der Waals surface area contributed by atoms with E-state index in [2.05, 4.69) is 6.92 Å². The first-order valence-electron chi connectivity index (χ1n) is 1.75. The smallest absolute Gasteiger partial charge is 0.270 e. The normalized spacial score (nSPS) is 15.9. The number of aliphatic hydroxyl groups is 1. The van der Waals surface area contributed by atoms with Crippen LogP contribution in [0.2, 0.25) is 0 Å². The summed E-state index contributed by atoms with van der Waals surface area (Å²) >= 11 is 0. The van der Waals surface area contributed by atoms with E-state index in [1.54, 1.807) is 0 Å². The molecule has 1 unspecified atom stereocenters. The molecule has 0 amide bonds. The van der Waals surface area contributed by atoms with Crippen molar-refractivity contribution in [3.05, 3.63) is 13.5 Å². The highest BCUT2D eigenvalue weighted by molar-refractivity contribution is 7.86. The molecule has 0 aromatic carbocycles. The van der Waals surface area contributed by atoms with Crippen molar-refractivity contribution in [2.75, 3.05) is 0 Å². The zero-order chi connectivity index (χ0) is 6.78. The van der Waals surface area contributed by atoms with Crippen LogP contribution in [0.15, 0.2) is 0 Å². The molecular weight excluding hydrogens is 132 g/mol. The van der Waals surface area contributed by atoms with Gasteiger partial charge in [0.2, 0.25) is 0 Å². The number of hydrogen-bond donors (Lipinski definition) is 2. The third-order valence-corrected chi connectivity index (χ3v) is 1.44. The van der Waals surface area contributed by atoms with Crippen LogP contribution in [0.1, 0.15) is 0 Å². The van der Waals surface area contributed by atoms with E-state index in [0.717, 1.165) is 0 Å². The first-order chi connectivity index (χ1) is 3.48. The summed E-state index contributed by atoms with van der Waals surface area (Å²) in [4.78, 5) is 0. The Hall–Kier alpha value is -0.130. The minimum Gasteiger partial charge on any atom is -0.389 e. The van der Waals surface area contributed by atoms with Crippen LogP contribution in [-0.2, 0) is 10.1 Å². The van der Waals surface area contributed by atoms with Crippen molar-refractivity contribution < 1.29 is 18.1 Å². The van der Waals surface area contributed by atoms with Crippen LogP contribution in [0, 0.1) is 13.5 Å². The number of hydrogen-bond acceptors (Lipinski definition) is 3. The van der Waals surface area contributed by atoms with Crippen molar-refractivity contribution >= 4 is 10.1 Å². The largest absolute Gasteiger partial charge is 0.389 e. The Morgan fingerprint density at radius 2 is 2.00 bits per heavy atom. The van der Waals surface area contributed by atoms with E-state index in [1.807, 2.05) is 0 Å². The molecule has 0 heterocycles. The molecule has 0 bridgehead atoms. The Balaban J connectivity index is 4.04. The van der Waals surface area contributed by atoms with Crippen molar-refractivity contribution in [3.63, 3.8) is 0 Å². The van der Waals surface area contributed by atoms with Crippen LogP contribution in [0.4, 0.5) is 0 Å². The summed E-state index contributed by atoms with van der Waals surface area (Å²) in [5.74, 6) is 0. The summed E-state index contributed by atoms with van der Waals surface area (Å²) in [6.07, 6.45) is 0. The van der Waals surface area contributed by atoms with Gasteiger partial charge in [-0.25, -0.2) is 0 Å². The van der Waals surface area contributed by atoms with E-state index >= 15 is 0 Å². The first-order valence-corrected chi connectivity index (χ1v) is 3.25. The Morgan fingerprint density at radius 3 is 2.00 bits per heavy atom. The monoisotopic (exact) mass is 138 g/mol. The zero-order valence-corrected chi connectivity index (χ0v) is 4.80. The summed E-state index contributed by atoms with van der Waals surface area (Å²) in [7, 11) is -4.17. The molecule has 0 aromatic heterocycles. The standard InChI is InChI=1S/C3H6O4S/c1-3(2-4)8(5,6)7/h2-4H,1H2,(H,5,6,7). The lowest BCUT2D eigenvalue weighted by atomic mass is 10.5. The molecular formula is C3H6O4S. The van der Waals surface area contributed by atoms with Crippen LogP contribution >= 0.6 is 0 Å². The maximum atomic E-state index is 9.86. The van der Waals surface area contributed by atoms with Gasteiger partial charge in [-0.3, -0.25) is 4.55 Å². The highest BCUT2D eigenvalue weighted by Crippen LogP contribution is 1.96. The van der Waals surface area contributed by atoms with Gasteiger partial charge in [-0.15, -0.1) is 0 Å². The van der Waals surface area contributed by atoms with Crippen LogP contribution in [0.5, 0.6) is 0 Å². The quantitative estimate of drug-likeness (QED) is 0.509. The number of aliphatic hydroxyl groups excluding tert-OH is 1. The van der Waals surface area contributed by atoms with E-state index in [4.69, 9.17) is 9.66 Å². The molecule has 0 saturated heterocycles. The van der Waals surface area contributed by atoms with Crippen LogP contribution in [-0.4, -0.2) is 23.3 Å². The molecule has 0 aliphatic rings. The third kappa shape index (κ3) is 2.25. The van der Waals surface area contributed by atoms with E-state index < -0.39 is 15.4 Å². The van der Waals surface area contributed by atoms with Crippen LogP contribution < -0.4 is 0 Å². The number of rotatable bonds is 2. The summed E-state index contributed by atoms with van der Waals surface area (Å²) in [6, 6.07) is 0. The van der Waals surface area contributed by atoms with Gasteiger partial charge in [-0.1, -0.05) is 0 Å². The van der Waals surface area contributed by atoms with E-state index in [-0.39, 0.29) is 0 Å². The summed E-state index contributed by atoms with van der Waals surface area (Å²) < 4.78 is 27.7. The fourth-order valence-corrected chi connectivity index (χ4v) is 0.231. The molecule has 1 atom stereocenters. The topological polar surface area (TPSA) is 74.6 Å². The van der Waals surface area contributed by atoms with Gasteiger partial charge in [0, 0.05) is 0 Å². The van der Waals surface area contributed by atoms with E-state index in [9.17, 15) is 8.42 Å². The summed E-state index contributed by atoms with van der Waals surface area (Å²) in [5.41, 5.74) is 0. The second-order valence-electron chi connectivity index (χ2n) is 1.20. The molecule has 48 valence electrons. The van der Waals surface area contributed by atoms with Crippen LogP contribution in [0.3, 0.4) is 0 Å². The highest BCUT2D eigenvalue weighted by Gasteiger charge is 2.15. The Morgan fingerprint density at radius 1 is 1.62 bits per heavy atom. The lowest BCUT2D eigenvalue weighted by Gasteiger charge is -1.98. The molecule has 0 aliphatic carbocycles. The van der Waals surface area contributed by atoms with Crippen molar-refractivity contribution in [2.24, 2.45) is 0 Å². The van der Waals surface area contributed by atoms with Crippen LogP contribution in [0.25, 0.3) is 0 Å². The third-order valence-electron chi connectivity index (χ3n) is 0.549. The average molecular weight is 138 g/mol. The lowest BCUT2D eigenvalue weighted by Crippen LogP contribution is -2.16. The molecule has 2 radical (unpaired) electrons. The van der Waals surface area contributed by atoms with Gasteiger partial charge in [-0.2, -0.15) is 8.42 Å². The molecule has 0 fully saturated rings. The molecule has 0 aromatic rings. The predicted octanol–water partition coefficient (Wildman–Crippen LogP) is -0.389. The maximum Gasteiger partial charge on any atom is 0.270 e. The van der Waals surface area contributed by atoms with Crippen molar-refractivity contribution in [3.8, 4) is 0 Å². The average Bonchev–Trinajstić information content (AvgIpc) is 1.62. The molecule has 0 rings (SSSR count). The van der Waals surface area contributed by atoms with Crippen molar-refractivity contribution in [2.45, 2.75) is 5.25 Å². The van der Waals surface area contributed by atoms with Gasteiger partial charge in [0.1, 0.15) is 11.9 Å². The second kappa shape index (κ2) is 2.43. The van der Waals surface area contributed by atoms with Crippen molar-refractivity contribution in [1.29, 1.82) is 0 Å². The molecule has 0 aliphatic heterocycles. The van der Waals surface area contributed by atoms with Gasteiger partial charge in [0.05, 0.1) is 0 Å². The zero-order valence-electron chi connectivity index (χ0n) is 3.98. The van der Waals surface area contributed by atoms with E-state index in [1.165, 1.54) is 0 Å². The lowest BCUT2D eigenvalue weighted by molar-refractivity contribution is 0.376. The van der Waals surface area contributed by atoms with Crippen molar-refractivity contribution in [1.82, 2.24) is 0 Å². The predicted molar refractivity (Wildman–Crippen MR) is 26.9 cm³/mol. The second-order valence-corrected chi connectivity index (χ2v) is 2.84. The molecule has 5 heteroatoms. The van der Waals surface area contributed by atoms with Gasteiger partial charge >= 0.3 is 0 Å². The summed E-state index contributed by atoms with van der Waals surface area (Å²) in [5, 5.41) is 6.50. The SMILES string of the molecule is [CH2]C([CH]O)S(=O)(=O)O. The molecule has 8 heavy (non-hydrogen) atoms. The van der Waals surface area contributed by atoms with E-state index in [0.29, 0.717) is 6.61 Å². The first kappa shape index (κ1) is 7.87. The summed E-state index contributed by atoms with van der Waals surface area (Å²) in [6.45, 7) is 3.19. The fourth-order valence-electron chi connectivity index (χ4n) is 0.0769. The fraction of sp³-hybridized carbons (Fsp3) is 0.333. The van der Waals surface area contributed by atoms with Gasteiger partial charge in [0.25, 0.3) is 10.1 Å². The maximum absolute atomic E-state index is 9.86. The minimum absolute atomic E-state index is 0.301. The Kier molecular flexibility index (Phi) is 2.39.